The van der Waals surface area contributed by atoms with E-state index < -0.39 is 0 Å². The van der Waals surface area contributed by atoms with Gasteiger partial charge in [-0.15, -0.1) is 0 Å². The maximum atomic E-state index is 13.5. The molecule has 1 saturated heterocycles. The van der Waals surface area contributed by atoms with Crippen LogP contribution >= 0.6 is 11.3 Å². The van der Waals surface area contributed by atoms with Crippen molar-refractivity contribution in [3.63, 3.8) is 0 Å². The molecule has 1 aliphatic heterocycles. The second-order valence-electron chi connectivity index (χ2n) is 9.76. The van der Waals surface area contributed by atoms with Gasteiger partial charge in [0.2, 0.25) is 0 Å². The van der Waals surface area contributed by atoms with Crippen molar-refractivity contribution in [2.24, 2.45) is 5.92 Å². The first kappa shape index (κ1) is 26.4. The Morgan fingerprint density at radius 1 is 1.12 bits per heavy atom. The third-order valence-electron chi connectivity index (χ3n) is 7.26. The van der Waals surface area contributed by atoms with E-state index in [0.717, 1.165) is 34.1 Å². The number of methoxy groups -OCH3 is 1. The molecule has 1 fully saturated rings. The third kappa shape index (κ3) is 4.76. The van der Waals surface area contributed by atoms with Gasteiger partial charge >= 0.3 is 5.97 Å². The van der Waals surface area contributed by atoms with E-state index in [1.165, 1.54) is 30.6 Å². The first-order valence-corrected chi connectivity index (χ1v) is 13.9. The lowest BCUT2D eigenvalue weighted by Gasteiger charge is -2.38. The summed E-state index contributed by atoms with van der Waals surface area (Å²) in [6, 6.07) is 16.2. The van der Waals surface area contributed by atoms with Gasteiger partial charge in [-0.3, -0.25) is 9.20 Å². The van der Waals surface area contributed by atoms with E-state index in [9.17, 15) is 14.4 Å². The van der Waals surface area contributed by atoms with Crippen LogP contribution in [-0.4, -0.2) is 52.6 Å². The number of anilines is 3. The van der Waals surface area contributed by atoms with Crippen molar-refractivity contribution in [3.05, 3.63) is 77.3 Å². The third-order valence-corrected chi connectivity index (χ3v) is 8.30. The van der Waals surface area contributed by atoms with Gasteiger partial charge in [-0.25, -0.2) is 19.3 Å². The van der Waals surface area contributed by atoms with Gasteiger partial charge in [-0.05, 0) is 55.0 Å². The average molecular weight is 568 g/mol. The van der Waals surface area contributed by atoms with Gasteiger partial charge in [0.05, 0.1) is 18.7 Å². The van der Waals surface area contributed by atoms with Crippen molar-refractivity contribution in [2.45, 2.75) is 13.3 Å². The highest BCUT2D eigenvalue weighted by Gasteiger charge is 2.34. The van der Waals surface area contributed by atoms with Crippen LogP contribution in [0.25, 0.3) is 28.0 Å². The number of aryl methyl sites for hydroxylation is 1. The zero-order valence-electron chi connectivity index (χ0n) is 22.7. The van der Waals surface area contributed by atoms with Crippen molar-refractivity contribution in [2.75, 3.05) is 37.0 Å². The number of halogens is 1. The number of hydrogen-bond acceptors (Lipinski definition) is 9. The van der Waals surface area contributed by atoms with Crippen molar-refractivity contribution in [3.8, 4) is 28.5 Å². The Morgan fingerprint density at radius 3 is 2.51 bits per heavy atom. The van der Waals surface area contributed by atoms with Crippen molar-refractivity contribution in [1.29, 1.82) is 5.26 Å². The molecule has 6 rings (SSSR count). The van der Waals surface area contributed by atoms with Gasteiger partial charge in [0.25, 0.3) is 0 Å². The number of hydrogen-bond donors (Lipinski definition) is 0. The molecule has 0 saturated carbocycles. The number of ether oxygens (including phenoxy) is 1. The zero-order chi connectivity index (χ0) is 28.7. The van der Waals surface area contributed by atoms with Crippen LogP contribution in [0.5, 0.6) is 0 Å². The maximum absolute atomic E-state index is 13.5. The number of esters is 1. The van der Waals surface area contributed by atoms with Crippen LogP contribution in [0.2, 0.25) is 0 Å². The van der Waals surface area contributed by atoms with E-state index in [0.29, 0.717) is 40.8 Å². The second-order valence-corrected chi connectivity index (χ2v) is 10.7. The Hall–Kier alpha value is -4.82. The van der Waals surface area contributed by atoms with Crippen LogP contribution in [0.4, 0.5) is 21.2 Å². The normalized spacial score (nSPS) is 13.2. The van der Waals surface area contributed by atoms with Crippen LogP contribution in [0.15, 0.2) is 60.9 Å². The highest BCUT2D eigenvalue weighted by Crippen LogP contribution is 2.37. The van der Waals surface area contributed by atoms with Gasteiger partial charge in [0, 0.05) is 49.2 Å². The lowest BCUT2D eigenvalue weighted by Crippen LogP contribution is -2.51. The smallest absolute Gasteiger partial charge is 0.312 e. The molecule has 9 nitrogen and oxygen atoms in total. The highest BCUT2D eigenvalue weighted by atomic mass is 32.1. The number of thiazole rings is 1. The fourth-order valence-corrected chi connectivity index (χ4v) is 5.84. The fraction of sp³-hybridized carbons (Fsp3) is 0.233. The highest BCUT2D eigenvalue weighted by molar-refractivity contribution is 7.16. The molecule has 1 aromatic carbocycles. The van der Waals surface area contributed by atoms with E-state index in [4.69, 9.17) is 14.7 Å². The summed E-state index contributed by atoms with van der Waals surface area (Å²) >= 11 is 1.28. The summed E-state index contributed by atoms with van der Waals surface area (Å²) in [6.07, 6.45) is 4.56. The number of pyridine rings is 2. The van der Waals surface area contributed by atoms with E-state index in [2.05, 4.69) is 22.9 Å². The van der Waals surface area contributed by atoms with E-state index in [1.54, 1.807) is 12.1 Å². The summed E-state index contributed by atoms with van der Waals surface area (Å²) in [6.45, 7) is 3.25. The number of carbonyl (C=O) groups excluding carboxylic acids is 1. The van der Waals surface area contributed by atoms with Crippen LogP contribution < -0.4 is 9.80 Å². The topological polar surface area (TPSA) is 99.7 Å². The van der Waals surface area contributed by atoms with Gasteiger partial charge in [-0.2, -0.15) is 5.26 Å². The molecule has 1 aliphatic rings. The average Bonchev–Trinajstić information content (AvgIpc) is 3.58. The number of rotatable bonds is 7. The van der Waals surface area contributed by atoms with Crippen molar-refractivity contribution in [1.82, 2.24) is 19.4 Å². The molecule has 5 aromatic rings. The number of fused-ring (bicyclic) bond motifs is 1. The maximum Gasteiger partial charge on any atom is 0.312 e. The molecule has 4 aromatic heterocycles. The van der Waals surface area contributed by atoms with Crippen LogP contribution in [0.3, 0.4) is 0 Å². The number of benzene rings is 1. The quantitative estimate of drug-likeness (QED) is 0.239. The molecule has 0 spiro atoms. The number of nitriles is 1. The van der Waals surface area contributed by atoms with Gasteiger partial charge < -0.3 is 14.5 Å². The predicted molar refractivity (Wildman–Crippen MR) is 156 cm³/mol. The minimum atomic E-state index is -0.341. The predicted octanol–water partition coefficient (Wildman–Crippen LogP) is 5.47. The lowest BCUT2D eigenvalue weighted by molar-refractivity contribution is -0.146. The van der Waals surface area contributed by atoms with Gasteiger partial charge in [-0.1, -0.05) is 18.3 Å². The van der Waals surface area contributed by atoms with Crippen molar-refractivity contribution < 1.29 is 13.9 Å². The minimum Gasteiger partial charge on any atom is -0.469 e. The number of imidazole rings is 1. The van der Waals surface area contributed by atoms with E-state index in [-0.39, 0.29) is 17.7 Å². The molecule has 0 radical (unpaired) electrons. The number of nitrogens with zero attached hydrogens (tertiary/aromatic N) is 7. The molecular weight excluding hydrogens is 541 g/mol. The monoisotopic (exact) mass is 567 g/mol. The molecule has 5 heterocycles. The molecule has 0 bridgehead atoms. The summed E-state index contributed by atoms with van der Waals surface area (Å²) in [5, 5.41) is 10.4. The summed E-state index contributed by atoms with van der Waals surface area (Å²) in [4.78, 5) is 30.4. The summed E-state index contributed by atoms with van der Waals surface area (Å²) in [7, 11) is 3.32. The van der Waals surface area contributed by atoms with E-state index in [1.807, 2.05) is 53.0 Å². The molecule has 0 unspecified atom stereocenters. The Morgan fingerprint density at radius 2 is 1.85 bits per heavy atom. The standard InChI is InChI=1S/C30H26FN7O2S/c1-4-23-28(36(2)30-35-27(24(13-32)41-30)18-5-9-22(31)10-6-18)38-17-20(8-12-26(38)34-23)19-7-11-25(33-14-19)37-15-21(16-37)29(39)40-3/h5-12,14,17,21H,4,15-16H2,1-3H3. The Kier molecular flexibility index (Phi) is 6.85. The Labute approximate surface area is 240 Å². The van der Waals surface area contributed by atoms with E-state index >= 15 is 0 Å². The van der Waals surface area contributed by atoms with Crippen molar-refractivity contribution >= 4 is 39.7 Å². The van der Waals surface area contributed by atoms with Gasteiger partial charge in [0.1, 0.15) is 39.7 Å². The zero-order valence-corrected chi connectivity index (χ0v) is 23.5. The lowest BCUT2D eigenvalue weighted by atomic mass is 10.0. The molecule has 0 amide bonds. The molecule has 41 heavy (non-hydrogen) atoms. The van der Waals surface area contributed by atoms with Crippen LogP contribution in [-0.2, 0) is 16.0 Å². The molecule has 0 aliphatic carbocycles. The summed E-state index contributed by atoms with van der Waals surface area (Å²) in [5.74, 6) is 1.04. The fourth-order valence-electron chi connectivity index (χ4n) is 4.99. The molecule has 0 atom stereocenters. The minimum absolute atomic E-state index is 0.109. The Balaban J connectivity index is 1.32. The number of aromatic nitrogens is 4. The summed E-state index contributed by atoms with van der Waals surface area (Å²) < 4.78 is 20.4. The number of carbonyl (C=O) groups is 1. The Bertz CT molecular complexity index is 1780. The molecule has 11 heteroatoms. The van der Waals surface area contributed by atoms with Crippen LogP contribution in [0, 0.1) is 23.1 Å². The molecule has 206 valence electrons. The first-order chi connectivity index (χ1) is 19.9. The molecular formula is C30H26FN7O2S. The first-order valence-electron chi connectivity index (χ1n) is 13.1. The second kappa shape index (κ2) is 10.6. The van der Waals surface area contributed by atoms with Gasteiger partial charge in [0.15, 0.2) is 5.13 Å². The largest absolute Gasteiger partial charge is 0.469 e. The van der Waals surface area contributed by atoms with Crippen LogP contribution in [0.1, 0.15) is 17.5 Å². The summed E-state index contributed by atoms with van der Waals surface area (Å²) in [5.41, 5.74) is 4.81. The molecule has 0 N–H and O–H groups in total. The SMILES string of the molecule is CCc1nc2ccc(-c3ccc(N4CC(C(=O)OC)C4)nc3)cn2c1N(C)c1nc(-c2ccc(F)cc2)c(C#N)s1.